The molecule has 1 aromatic heterocycles. The van der Waals surface area contributed by atoms with E-state index in [4.69, 9.17) is 4.74 Å². The van der Waals surface area contributed by atoms with Crippen molar-refractivity contribution in [1.29, 1.82) is 0 Å². The fraction of sp³-hybridized carbons (Fsp3) is 0.421. The van der Waals surface area contributed by atoms with Gasteiger partial charge in [0.1, 0.15) is 0 Å². The molecule has 6 heteroatoms. The summed E-state index contributed by atoms with van der Waals surface area (Å²) in [6.45, 7) is 5.13. The SMILES string of the molecule is CN=C(NCc1ccn(C)c1)NCC(C)COCc1ccccc1.I. The zero-order chi connectivity index (χ0) is 17.2. The molecule has 0 fully saturated rings. The molecule has 2 rings (SSSR count). The highest BCUT2D eigenvalue weighted by Crippen LogP contribution is 2.03. The van der Waals surface area contributed by atoms with Gasteiger partial charge in [-0.05, 0) is 23.1 Å². The zero-order valence-electron chi connectivity index (χ0n) is 15.2. The number of guanidine groups is 1. The van der Waals surface area contributed by atoms with Crippen molar-refractivity contribution < 1.29 is 4.74 Å². The molecular weight excluding hydrogens is 427 g/mol. The van der Waals surface area contributed by atoms with Gasteiger partial charge in [0.25, 0.3) is 0 Å². The van der Waals surface area contributed by atoms with Gasteiger partial charge in [0.05, 0.1) is 13.2 Å². The Hall–Kier alpha value is -1.54. The summed E-state index contributed by atoms with van der Waals surface area (Å²) in [4.78, 5) is 4.26. The van der Waals surface area contributed by atoms with Gasteiger partial charge in [0.2, 0.25) is 0 Å². The van der Waals surface area contributed by atoms with Gasteiger partial charge in [-0.15, -0.1) is 24.0 Å². The fourth-order valence-corrected chi connectivity index (χ4v) is 2.35. The largest absolute Gasteiger partial charge is 0.376 e. The van der Waals surface area contributed by atoms with Crippen molar-refractivity contribution in [1.82, 2.24) is 15.2 Å². The van der Waals surface area contributed by atoms with E-state index >= 15 is 0 Å². The fourth-order valence-electron chi connectivity index (χ4n) is 2.35. The number of hydrogen-bond acceptors (Lipinski definition) is 2. The maximum Gasteiger partial charge on any atom is 0.191 e. The topological polar surface area (TPSA) is 50.6 Å². The molecule has 2 N–H and O–H groups in total. The van der Waals surface area contributed by atoms with Crippen LogP contribution in [0.5, 0.6) is 0 Å². The minimum atomic E-state index is 0. The molecule has 1 aromatic carbocycles. The quantitative estimate of drug-likeness (QED) is 0.365. The lowest BCUT2D eigenvalue weighted by molar-refractivity contribution is 0.0931. The zero-order valence-corrected chi connectivity index (χ0v) is 17.6. The van der Waals surface area contributed by atoms with E-state index in [1.165, 1.54) is 11.1 Å². The Morgan fingerprint density at radius 2 is 1.92 bits per heavy atom. The molecule has 1 heterocycles. The predicted octanol–water partition coefficient (Wildman–Crippen LogP) is 3.16. The van der Waals surface area contributed by atoms with Crippen molar-refractivity contribution in [2.24, 2.45) is 18.0 Å². The van der Waals surface area contributed by atoms with Crippen LogP contribution in [0, 0.1) is 5.92 Å². The number of benzene rings is 1. The molecule has 0 saturated heterocycles. The molecule has 0 aliphatic heterocycles. The Bertz CT molecular complexity index is 627. The summed E-state index contributed by atoms with van der Waals surface area (Å²) in [5, 5.41) is 6.67. The summed E-state index contributed by atoms with van der Waals surface area (Å²) in [5.41, 5.74) is 2.44. The number of aryl methyl sites for hydroxylation is 1. The number of rotatable bonds is 8. The van der Waals surface area contributed by atoms with Crippen LogP contribution >= 0.6 is 24.0 Å². The number of ether oxygens (including phenoxy) is 1. The summed E-state index contributed by atoms with van der Waals surface area (Å²) in [6, 6.07) is 12.3. The third-order valence-corrected chi connectivity index (χ3v) is 3.71. The molecule has 0 amide bonds. The Balaban J connectivity index is 0.00000312. The van der Waals surface area contributed by atoms with Crippen molar-refractivity contribution >= 4 is 29.9 Å². The molecule has 1 unspecified atom stereocenters. The van der Waals surface area contributed by atoms with Crippen molar-refractivity contribution in [3.8, 4) is 0 Å². The van der Waals surface area contributed by atoms with Gasteiger partial charge in [-0.3, -0.25) is 4.99 Å². The van der Waals surface area contributed by atoms with E-state index in [0.717, 1.165) is 25.7 Å². The monoisotopic (exact) mass is 456 g/mol. The first-order chi connectivity index (χ1) is 11.7. The van der Waals surface area contributed by atoms with Crippen molar-refractivity contribution in [2.75, 3.05) is 20.2 Å². The number of aromatic nitrogens is 1. The minimum Gasteiger partial charge on any atom is -0.376 e. The molecule has 0 saturated carbocycles. The summed E-state index contributed by atoms with van der Waals surface area (Å²) >= 11 is 0. The van der Waals surface area contributed by atoms with E-state index in [1.54, 1.807) is 7.05 Å². The van der Waals surface area contributed by atoms with Crippen molar-refractivity contribution in [3.05, 3.63) is 59.9 Å². The number of nitrogens with one attached hydrogen (secondary N) is 2. The maximum absolute atomic E-state index is 5.78. The molecule has 1 atom stereocenters. The third-order valence-electron chi connectivity index (χ3n) is 3.71. The molecular formula is C19H29IN4O. The average molecular weight is 456 g/mol. The van der Waals surface area contributed by atoms with Crippen molar-refractivity contribution in [2.45, 2.75) is 20.1 Å². The first-order valence-electron chi connectivity index (χ1n) is 8.34. The van der Waals surface area contributed by atoms with Crippen LogP contribution in [0.2, 0.25) is 0 Å². The first kappa shape index (κ1) is 21.5. The van der Waals surface area contributed by atoms with Crippen LogP contribution in [0.25, 0.3) is 0 Å². The number of hydrogen-bond donors (Lipinski definition) is 2. The van der Waals surface area contributed by atoms with Gasteiger partial charge in [-0.2, -0.15) is 0 Å². The second kappa shape index (κ2) is 11.9. The molecule has 138 valence electrons. The van der Waals surface area contributed by atoms with E-state index in [9.17, 15) is 0 Å². The Morgan fingerprint density at radius 1 is 1.16 bits per heavy atom. The highest BCUT2D eigenvalue weighted by molar-refractivity contribution is 14.0. The lowest BCUT2D eigenvalue weighted by Gasteiger charge is -2.16. The van der Waals surface area contributed by atoms with Crippen LogP contribution in [-0.2, 0) is 24.9 Å². The molecule has 0 bridgehead atoms. The van der Waals surface area contributed by atoms with Crippen molar-refractivity contribution in [3.63, 3.8) is 0 Å². The number of aliphatic imine (C=N–C) groups is 1. The molecule has 0 aliphatic rings. The molecule has 0 spiro atoms. The van der Waals surface area contributed by atoms with Crippen LogP contribution in [-0.4, -0.2) is 30.7 Å². The van der Waals surface area contributed by atoms with Gasteiger partial charge >= 0.3 is 0 Å². The van der Waals surface area contributed by atoms with E-state index in [2.05, 4.69) is 46.9 Å². The molecule has 2 aromatic rings. The van der Waals surface area contributed by atoms with Crippen LogP contribution in [0.3, 0.4) is 0 Å². The van der Waals surface area contributed by atoms with E-state index in [-0.39, 0.29) is 24.0 Å². The third kappa shape index (κ3) is 8.40. The molecule has 5 nitrogen and oxygen atoms in total. The van der Waals surface area contributed by atoms with Gasteiger partial charge in [0.15, 0.2) is 5.96 Å². The average Bonchev–Trinajstić information content (AvgIpc) is 3.01. The number of halogens is 1. The summed E-state index contributed by atoms with van der Waals surface area (Å²) in [7, 11) is 3.81. The van der Waals surface area contributed by atoms with Gasteiger partial charge in [-0.25, -0.2) is 0 Å². The number of nitrogens with zero attached hydrogens (tertiary/aromatic N) is 2. The second-order valence-electron chi connectivity index (χ2n) is 6.10. The standard InChI is InChI=1S/C19H28N4O.HI/c1-16(14-24-15-17-7-5-4-6-8-17)11-21-19(20-2)22-12-18-9-10-23(3)13-18;/h4-10,13,16H,11-12,14-15H2,1-3H3,(H2,20,21,22);1H. The first-order valence-corrected chi connectivity index (χ1v) is 8.34. The lowest BCUT2D eigenvalue weighted by Crippen LogP contribution is -2.39. The summed E-state index contributed by atoms with van der Waals surface area (Å²) in [5.74, 6) is 1.22. The smallest absolute Gasteiger partial charge is 0.191 e. The Labute approximate surface area is 167 Å². The second-order valence-corrected chi connectivity index (χ2v) is 6.10. The van der Waals surface area contributed by atoms with E-state index < -0.39 is 0 Å². The highest BCUT2D eigenvalue weighted by Gasteiger charge is 2.05. The minimum absolute atomic E-state index is 0. The van der Waals surface area contributed by atoms with Crippen LogP contribution in [0.4, 0.5) is 0 Å². The lowest BCUT2D eigenvalue weighted by atomic mass is 10.2. The van der Waals surface area contributed by atoms with Crippen LogP contribution in [0.15, 0.2) is 53.8 Å². The maximum atomic E-state index is 5.78. The van der Waals surface area contributed by atoms with Crippen LogP contribution < -0.4 is 10.6 Å². The Kier molecular flexibility index (Phi) is 10.3. The molecule has 25 heavy (non-hydrogen) atoms. The Morgan fingerprint density at radius 3 is 2.56 bits per heavy atom. The molecule has 0 aliphatic carbocycles. The van der Waals surface area contributed by atoms with Gasteiger partial charge < -0.3 is 19.9 Å². The predicted molar refractivity (Wildman–Crippen MR) is 114 cm³/mol. The highest BCUT2D eigenvalue weighted by atomic mass is 127. The summed E-state index contributed by atoms with van der Waals surface area (Å²) in [6.07, 6.45) is 4.14. The van der Waals surface area contributed by atoms with Gasteiger partial charge in [-0.1, -0.05) is 37.3 Å². The van der Waals surface area contributed by atoms with Crippen LogP contribution in [0.1, 0.15) is 18.1 Å². The summed E-state index contributed by atoms with van der Waals surface area (Å²) < 4.78 is 7.82. The van der Waals surface area contributed by atoms with E-state index in [1.807, 2.05) is 36.0 Å². The van der Waals surface area contributed by atoms with E-state index in [0.29, 0.717) is 12.5 Å². The molecule has 0 radical (unpaired) electrons. The van der Waals surface area contributed by atoms with Gasteiger partial charge in [0, 0.05) is 39.6 Å². The normalized spacial score (nSPS) is 12.4.